The highest BCUT2D eigenvalue weighted by atomic mass is 32.2. The van der Waals surface area contributed by atoms with Crippen LogP contribution in [0, 0.1) is 18.3 Å². The molecule has 1 amide bonds. The zero-order valence-corrected chi connectivity index (χ0v) is 17.3. The van der Waals surface area contributed by atoms with Crippen LogP contribution in [-0.4, -0.2) is 24.8 Å². The number of halogens is 3. The molecule has 0 spiro atoms. The number of hydrogen-bond acceptors (Lipinski definition) is 7. The van der Waals surface area contributed by atoms with Gasteiger partial charge in [-0.2, -0.15) is 26.9 Å². The lowest BCUT2D eigenvalue weighted by Crippen LogP contribution is -2.28. The molecule has 8 nitrogen and oxygen atoms in total. The molecule has 3 aromatic rings. The Labute approximate surface area is 180 Å². The van der Waals surface area contributed by atoms with Crippen LogP contribution in [0.5, 0.6) is 5.88 Å². The van der Waals surface area contributed by atoms with Crippen LogP contribution < -0.4 is 9.50 Å². The van der Waals surface area contributed by atoms with Crippen molar-refractivity contribution in [2.45, 2.75) is 19.4 Å². The standard InChI is InChI=1S/C20H14F3N3O5S/c1-11-3-8-18(30-11)15-9-17(13-4-6-14(7-5-13)25-12(2)27)26-19(16(15)10-24)31-32(28,29)20(21,22)23/h3-9H,1-2H3,(H,25,27). The number of alkyl halides is 3. The number of rotatable bonds is 5. The highest BCUT2D eigenvalue weighted by molar-refractivity contribution is 7.88. The first-order valence-electron chi connectivity index (χ1n) is 8.82. The second-order valence-electron chi connectivity index (χ2n) is 6.50. The average molecular weight is 465 g/mol. The van der Waals surface area contributed by atoms with Gasteiger partial charge in [-0.3, -0.25) is 4.79 Å². The van der Waals surface area contributed by atoms with Crippen LogP contribution in [0.4, 0.5) is 18.9 Å². The maximum atomic E-state index is 12.9. The van der Waals surface area contributed by atoms with Crippen molar-refractivity contribution in [3.05, 3.63) is 53.8 Å². The first kappa shape index (κ1) is 22.8. The van der Waals surface area contributed by atoms with Crippen LogP contribution in [0.15, 0.2) is 46.9 Å². The van der Waals surface area contributed by atoms with Gasteiger partial charge in [0.2, 0.25) is 5.91 Å². The van der Waals surface area contributed by atoms with Gasteiger partial charge in [0, 0.05) is 23.7 Å². The summed E-state index contributed by atoms with van der Waals surface area (Å²) >= 11 is 0. The van der Waals surface area contributed by atoms with Crippen molar-refractivity contribution in [1.29, 1.82) is 5.26 Å². The Balaban J connectivity index is 2.20. The summed E-state index contributed by atoms with van der Waals surface area (Å²) in [6.45, 7) is 2.93. The molecule has 0 radical (unpaired) electrons. The molecule has 32 heavy (non-hydrogen) atoms. The number of nitrogens with zero attached hydrogens (tertiary/aromatic N) is 2. The number of hydrogen-bond donors (Lipinski definition) is 1. The van der Waals surface area contributed by atoms with Crippen molar-refractivity contribution in [3.63, 3.8) is 0 Å². The Kier molecular flexibility index (Phi) is 5.96. The third-order valence-electron chi connectivity index (χ3n) is 4.08. The summed E-state index contributed by atoms with van der Waals surface area (Å²) < 4.78 is 71.5. The lowest BCUT2D eigenvalue weighted by atomic mass is 10.0. The van der Waals surface area contributed by atoms with Crippen molar-refractivity contribution >= 4 is 21.7 Å². The van der Waals surface area contributed by atoms with E-state index in [1.165, 1.54) is 43.3 Å². The topological polar surface area (TPSA) is 122 Å². The van der Waals surface area contributed by atoms with Crippen molar-refractivity contribution in [2.24, 2.45) is 0 Å². The number of furan rings is 1. The second-order valence-corrected chi connectivity index (χ2v) is 8.04. The van der Waals surface area contributed by atoms with E-state index in [2.05, 4.69) is 14.5 Å². The van der Waals surface area contributed by atoms with Crippen LogP contribution in [0.3, 0.4) is 0 Å². The molecular formula is C20H14F3N3O5S. The fourth-order valence-corrected chi connectivity index (χ4v) is 3.11. The summed E-state index contributed by atoms with van der Waals surface area (Å²) in [6, 6.07) is 12.0. The number of pyridine rings is 1. The van der Waals surface area contributed by atoms with Gasteiger partial charge in [0.1, 0.15) is 23.2 Å². The third-order valence-corrected chi connectivity index (χ3v) is 5.02. The van der Waals surface area contributed by atoms with E-state index in [1.54, 1.807) is 19.1 Å². The maximum absolute atomic E-state index is 12.9. The predicted octanol–water partition coefficient (Wildman–Crippen LogP) is 4.38. The minimum absolute atomic E-state index is 0.00908. The van der Waals surface area contributed by atoms with Crippen LogP contribution >= 0.6 is 0 Å². The Morgan fingerprint density at radius 1 is 1.19 bits per heavy atom. The van der Waals surface area contributed by atoms with Gasteiger partial charge in [-0.25, -0.2) is 4.98 Å². The minimum Gasteiger partial charge on any atom is -0.461 e. The molecule has 0 saturated carbocycles. The van der Waals surface area contributed by atoms with Crippen molar-refractivity contribution in [3.8, 4) is 34.5 Å². The highest BCUT2D eigenvalue weighted by Crippen LogP contribution is 2.36. The van der Waals surface area contributed by atoms with Crippen LogP contribution in [0.25, 0.3) is 22.6 Å². The number of nitrogens with one attached hydrogen (secondary N) is 1. The van der Waals surface area contributed by atoms with Crippen molar-refractivity contribution in [2.75, 3.05) is 5.32 Å². The van der Waals surface area contributed by atoms with Crippen molar-refractivity contribution in [1.82, 2.24) is 4.98 Å². The summed E-state index contributed by atoms with van der Waals surface area (Å²) in [4.78, 5) is 15.0. The van der Waals surface area contributed by atoms with E-state index in [0.29, 0.717) is 17.0 Å². The molecule has 2 heterocycles. The summed E-state index contributed by atoms with van der Waals surface area (Å²) in [5, 5.41) is 12.1. The third kappa shape index (κ3) is 4.73. The highest BCUT2D eigenvalue weighted by Gasteiger charge is 2.49. The molecule has 1 N–H and O–H groups in total. The fourth-order valence-electron chi connectivity index (χ4n) is 2.69. The van der Waals surface area contributed by atoms with Crippen LogP contribution in [0.1, 0.15) is 18.2 Å². The number of nitriles is 1. The molecule has 0 aliphatic rings. The molecule has 0 aliphatic carbocycles. The first-order valence-corrected chi connectivity index (χ1v) is 10.2. The summed E-state index contributed by atoms with van der Waals surface area (Å²) in [6.07, 6.45) is 0. The number of anilines is 1. The molecule has 0 bridgehead atoms. The Morgan fingerprint density at radius 2 is 1.84 bits per heavy atom. The predicted molar refractivity (Wildman–Crippen MR) is 107 cm³/mol. The van der Waals surface area contributed by atoms with E-state index < -0.39 is 27.1 Å². The number of carbonyl (C=O) groups is 1. The van der Waals surface area contributed by atoms with E-state index in [-0.39, 0.29) is 22.9 Å². The summed E-state index contributed by atoms with van der Waals surface area (Å²) in [7, 11) is -6.09. The van der Waals surface area contributed by atoms with E-state index in [0.717, 1.165) is 0 Å². The number of carbonyl (C=O) groups excluding carboxylic acids is 1. The zero-order chi connectivity index (χ0) is 23.7. The number of amides is 1. The molecule has 0 unspecified atom stereocenters. The molecule has 0 atom stereocenters. The minimum atomic E-state index is -6.09. The van der Waals surface area contributed by atoms with Gasteiger partial charge in [-0.1, -0.05) is 12.1 Å². The van der Waals surface area contributed by atoms with Gasteiger partial charge in [0.25, 0.3) is 5.88 Å². The summed E-state index contributed by atoms with van der Waals surface area (Å²) in [5.74, 6) is -0.797. The van der Waals surface area contributed by atoms with E-state index >= 15 is 0 Å². The van der Waals surface area contributed by atoms with Crippen LogP contribution in [0.2, 0.25) is 0 Å². The lowest BCUT2D eigenvalue weighted by Gasteiger charge is -2.13. The number of aryl methyl sites for hydroxylation is 1. The molecule has 12 heteroatoms. The van der Waals surface area contributed by atoms with E-state index in [4.69, 9.17) is 4.42 Å². The van der Waals surface area contributed by atoms with E-state index in [1.807, 2.05) is 0 Å². The van der Waals surface area contributed by atoms with Gasteiger partial charge in [-0.15, -0.1) is 0 Å². The second kappa shape index (κ2) is 8.35. The van der Waals surface area contributed by atoms with Gasteiger partial charge >= 0.3 is 15.6 Å². The van der Waals surface area contributed by atoms with Crippen LogP contribution in [-0.2, 0) is 14.9 Å². The normalized spacial score (nSPS) is 11.6. The molecule has 166 valence electrons. The zero-order valence-electron chi connectivity index (χ0n) is 16.5. The summed E-state index contributed by atoms with van der Waals surface area (Å²) in [5.41, 5.74) is -5.47. The molecule has 0 saturated heterocycles. The molecule has 3 rings (SSSR count). The molecular weight excluding hydrogens is 451 g/mol. The molecule has 0 fully saturated rings. The smallest absolute Gasteiger partial charge is 0.461 e. The number of aromatic nitrogens is 1. The number of benzene rings is 1. The Hall–Kier alpha value is -3.85. The average Bonchev–Trinajstić information content (AvgIpc) is 3.12. The monoisotopic (exact) mass is 465 g/mol. The Bertz CT molecular complexity index is 1320. The van der Waals surface area contributed by atoms with E-state index in [9.17, 15) is 31.6 Å². The van der Waals surface area contributed by atoms with Gasteiger partial charge < -0.3 is 13.9 Å². The molecule has 2 aromatic heterocycles. The Morgan fingerprint density at radius 3 is 2.34 bits per heavy atom. The first-order chi connectivity index (χ1) is 14.9. The maximum Gasteiger partial charge on any atom is 0.534 e. The SMILES string of the molecule is CC(=O)Nc1ccc(-c2cc(-c3ccc(C)o3)c(C#N)c(OS(=O)(=O)C(F)(F)F)n2)cc1. The van der Waals surface area contributed by atoms with Gasteiger partial charge in [0.15, 0.2) is 0 Å². The fraction of sp³-hybridized carbons (Fsp3) is 0.150. The van der Waals surface area contributed by atoms with Gasteiger partial charge in [-0.05, 0) is 37.3 Å². The van der Waals surface area contributed by atoms with Crippen molar-refractivity contribution < 1.29 is 35.0 Å². The quantitative estimate of drug-likeness (QED) is 0.438. The molecule has 1 aromatic carbocycles. The lowest BCUT2D eigenvalue weighted by molar-refractivity contribution is -0.114. The van der Waals surface area contributed by atoms with Gasteiger partial charge in [0.05, 0.1) is 5.69 Å². The molecule has 0 aliphatic heterocycles. The largest absolute Gasteiger partial charge is 0.534 e.